The van der Waals surface area contributed by atoms with Crippen LogP contribution in [0.1, 0.15) is 24.1 Å². The quantitative estimate of drug-likeness (QED) is 0.696. The smallest absolute Gasteiger partial charge is 0.0298 e. The zero-order chi connectivity index (χ0) is 7.84. The summed E-state index contributed by atoms with van der Waals surface area (Å²) in [6.45, 7) is 3.20. The van der Waals surface area contributed by atoms with E-state index in [1.807, 2.05) is 0 Å². The van der Waals surface area contributed by atoms with Crippen LogP contribution in [0.3, 0.4) is 0 Å². The van der Waals surface area contributed by atoms with Gasteiger partial charge in [-0.2, -0.15) is 0 Å². The van der Waals surface area contributed by atoms with E-state index in [4.69, 9.17) is 0 Å². The maximum atomic E-state index is 3.46. The molecule has 1 nitrogen and oxygen atoms in total. The van der Waals surface area contributed by atoms with Gasteiger partial charge in [0.2, 0.25) is 0 Å². The lowest BCUT2D eigenvalue weighted by atomic mass is 10.1. The fourth-order valence-electron chi connectivity index (χ4n) is 1.52. The van der Waals surface area contributed by atoms with Gasteiger partial charge in [-0.1, -0.05) is 22.0 Å². The number of rotatable bonds is 0. The largest absolute Gasteiger partial charge is 0.306 e. The molecule has 0 unspecified atom stereocenters. The lowest BCUT2D eigenvalue weighted by Gasteiger charge is -2.02. The molecular weight excluding hydrogens is 202 g/mol. The zero-order valence-corrected chi connectivity index (χ0v) is 7.98. The molecular formula is C9H10BrN. The summed E-state index contributed by atoms with van der Waals surface area (Å²) < 4.78 is 1.17. The lowest BCUT2D eigenvalue weighted by Crippen LogP contribution is -2.06. The van der Waals surface area contributed by atoms with E-state index in [1.165, 1.54) is 15.6 Å². The molecule has 1 aromatic rings. The molecule has 0 radical (unpaired) electrons. The van der Waals surface area contributed by atoms with Crippen LogP contribution in [0, 0.1) is 0 Å². The van der Waals surface area contributed by atoms with Crippen LogP contribution in [0.4, 0.5) is 0 Å². The van der Waals surface area contributed by atoms with Gasteiger partial charge < -0.3 is 5.32 Å². The molecule has 1 heterocycles. The summed E-state index contributed by atoms with van der Waals surface area (Å²) in [5.74, 6) is 0. The van der Waals surface area contributed by atoms with Crippen molar-refractivity contribution in [2.45, 2.75) is 19.5 Å². The standard InChI is InChI=1S/C9H10BrN/c1-6-9-3-2-8(10)4-7(9)5-11-6/h2-4,6,11H,5H2,1H3/t6-/m1/s1. The molecule has 1 aliphatic heterocycles. The molecule has 0 aromatic heterocycles. The third kappa shape index (κ3) is 1.21. The van der Waals surface area contributed by atoms with Gasteiger partial charge in [0.1, 0.15) is 0 Å². The van der Waals surface area contributed by atoms with Crippen molar-refractivity contribution in [3.8, 4) is 0 Å². The van der Waals surface area contributed by atoms with Crippen molar-refractivity contribution in [3.63, 3.8) is 0 Å². The van der Waals surface area contributed by atoms with Gasteiger partial charge in [0.25, 0.3) is 0 Å². The average Bonchev–Trinajstić information content (AvgIpc) is 2.32. The van der Waals surface area contributed by atoms with E-state index >= 15 is 0 Å². The van der Waals surface area contributed by atoms with Crippen LogP contribution in [0.25, 0.3) is 0 Å². The minimum atomic E-state index is 0.526. The Morgan fingerprint density at radius 1 is 1.55 bits per heavy atom. The first-order chi connectivity index (χ1) is 5.27. The van der Waals surface area contributed by atoms with Gasteiger partial charge >= 0.3 is 0 Å². The van der Waals surface area contributed by atoms with E-state index in [1.54, 1.807) is 0 Å². The summed E-state index contributed by atoms with van der Waals surface area (Å²) in [5, 5.41) is 3.39. The van der Waals surface area contributed by atoms with Gasteiger partial charge in [-0.05, 0) is 30.2 Å². The second-order valence-electron chi connectivity index (χ2n) is 2.95. The van der Waals surface area contributed by atoms with Gasteiger partial charge in [-0.3, -0.25) is 0 Å². The number of halogens is 1. The topological polar surface area (TPSA) is 12.0 Å². The average molecular weight is 212 g/mol. The number of hydrogen-bond donors (Lipinski definition) is 1. The third-order valence-corrected chi connectivity index (χ3v) is 2.66. The highest BCUT2D eigenvalue weighted by molar-refractivity contribution is 9.10. The maximum absolute atomic E-state index is 3.46. The first-order valence-corrected chi connectivity index (χ1v) is 4.58. The Morgan fingerprint density at radius 2 is 2.36 bits per heavy atom. The number of benzene rings is 1. The Labute approximate surface area is 74.9 Å². The van der Waals surface area contributed by atoms with E-state index in [2.05, 4.69) is 46.4 Å². The van der Waals surface area contributed by atoms with Crippen LogP contribution < -0.4 is 5.32 Å². The summed E-state index contributed by atoms with van der Waals surface area (Å²) in [5.41, 5.74) is 2.86. The molecule has 0 saturated carbocycles. The van der Waals surface area contributed by atoms with Crippen molar-refractivity contribution in [2.24, 2.45) is 0 Å². The molecule has 1 aromatic carbocycles. The molecule has 0 aliphatic carbocycles. The van der Waals surface area contributed by atoms with Crippen LogP contribution in [0.15, 0.2) is 22.7 Å². The molecule has 0 amide bonds. The molecule has 2 heteroatoms. The summed E-state index contributed by atoms with van der Waals surface area (Å²) in [6.07, 6.45) is 0. The van der Waals surface area contributed by atoms with Crippen molar-refractivity contribution in [1.29, 1.82) is 0 Å². The Balaban J connectivity index is 2.50. The van der Waals surface area contributed by atoms with Crippen molar-refractivity contribution < 1.29 is 0 Å². The van der Waals surface area contributed by atoms with E-state index in [0.717, 1.165) is 6.54 Å². The van der Waals surface area contributed by atoms with Gasteiger partial charge in [-0.15, -0.1) is 0 Å². The molecule has 1 atom stereocenters. The fourth-order valence-corrected chi connectivity index (χ4v) is 1.93. The molecule has 58 valence electrons. The predicted molar refractivity (Wildman–Crippen MR) is 49.4 cm³/mol. The highest BCUT2D eigenvalue weighted by Crippen LogP contribution is 2.26. The summed E-state index contributed by atoms with van der Waals surface area (Å²) in [7, 11) is 0. The fraction of sp³-hybridized carbons (Fsp3) is 0.333. The summed E-state index contributed by atoms with van der Waals surface area (Å²) in [6, 6.07) is 7.00. The number of hydrogen-bond acceptors (Lipinski definition) is 1. The normalized spacial score (nSPS) is 21.8. The Bertz CT molecular complexity index is 283. The molecule has 0 spiro atoms. The van der Waals surface area contributed by atoms with Crippen molar-refractivity contribution in [1.82, 2.24) is 5.32 Å². The van der Waals surface area contributed by atoms with Gasteiger partial charge in [-0.25, -0.2) is 0 Å². The second-order valence-corrected chi connectivity index (χ2v) is 3.86. The van der Waals surface area contributed by atoms with Crippen LogP contribution in [-0.2, 0) is 6.54 Å². The first-order valence-electron chi connectivity index (χ1n) is 3.79. The molecule has 2 rings (SSSR count). The lowest BCUT2D eigenvalue weighted by molar-refractivity contribution is 0.633. The Kier molecular flexibility index (Phi) is 1.74. The van der Waals surface area contributed by atoms with Gasteiger partial charge in [0, 0.05) is 17.1 Å². The minimum absolute atomic E-state index is 0.526. The van der Waals surface area contributed by atoms with Crippen LogP contribution in [-0.4, -0.2) is 0 Å². The SMILES string of the molecule is C[C@H]1NCc2cc(Br)ccc21. The molecule has 1 N–H and O–H groups in total. The van der Waals surface area contributed by atoms with E-state index < -0.39 is 0 Å². The van der Waals surface area contributed by atoms with Crippen LogP contribution in [0.2, 0.25) is 0 Å². The summed E-state index contributed by atoms with van der Waals surface area (Å²) in [4.78, 5) is 0. The maximum Gasteiger partial charge on any atom is 0.0298 e. The zero-order valence-electron chi connectivity index (χ0n) is 6.39. The molecule has 0 bridgehead atoms. The van der Waals surface area contributed by atoms with Crippen molar-refractivity contribution >= 4 is 15.9 Å². The van der Waals surface area contributed by atoms with Crippen molar-refractivity contribution in [2.75, 3.05) is 0 Å². The number of nitrogens with one attached hydrogen (secondary N) is 1. The van der Waals surface area contributed by atoms with Crippen LogP contribution in [0.5, 0.6) is 0 Å². The van der Waals surface area contributed by atoms with Crippen LogP contribution >= 0.6 is 15.9 Å². The van der Waals surface area contributed by atoms with Gasteiger partial charge in [0.15, 0.2) is 0 Å². The highest BCUT2D eigenvalue weighted by atomic mass is 79.9. The first kappa shape index (κ1) is 7.32. The molecule has 0 saturated heterocycles. The molecule has 1 aliphatic rings. The van der Waals surface area contributed by atoms with E-state index in [9.17, 15) is 0 Å². The molecule has 0 fully saturated rings. The Morgan fingerprint density at radius 3 is 3.18 bits per heavy atom. The monoisotopic (exact) mass is 211 g/mol. The number of fused-ring (bicyclic) bond motifs is 1. The third-order valence-electron chi connectivity index (χ3n) is 2.17. The van der Waals surface area contributed by atoms with Gasteiger partial charge in [0.05, 0.1) is 0 Å². The highest BCUT2D eigenvalue weighted by Gasteiger charge is 2.16. The Hall–Kier alpha value is -0.340. The van der Waals surface area contributed by atoms with Crippen molar-refractivity contribution in [3.05, 3.63) is 33.8 Å². The minimum Gasteiger partial charge on any atom is -0.306 e. The summed E-state index contributed by atoms with van der Waals surface area (Å²) >= 11 is 3.46. The van der Waals surface area contributed by atoms with E-state index in [-0.39, 0.29) is 0 Å². The van der Waals surface area contributed by atoms with E-state index in [0.29, 0.717) is 6.04 Å². The second kappa shape index (κ2) is 2.61. The predicted octanol–water partition coefficient (Wildman–Crippen LogP) is 2.61. The molecule has 11 heavy (non-hydrogen) atoms.